The summed E-state index contributed by atoms with van der Waals surface area (Å²) >= 11 is 9.67. The molecule has 0 unspecified atom stereocenters. The number of nitrogens with one attached hydrogen (secondary N) is 2. The number of urea groups is 1. The molecule has 8 heteroatoms. The van der Waals surface area contributed by atoms with Gasteiger partial charge in [0, 0.05) is 43.4 Å². The maximum Gasteiger partial charge on any atom is 0.321 e. The molecule has 6 nitrogen and oxygen atoms in total. The van der Waals surface area contributed by atoms with Crippen molar-refractivity contribution in [1.82, 2.24) is 15.1 Å². The molecule has 0 atom stereocenters. The van der Waals surface area contributed by atoms with E-state index in [4.69, 9.17) is 16.3 Å². The second-order valence-corrected chi connectivity index (χ2v) is 9.33. The first-order valence-electron chi connectivity index (χ1n) is 10.8. The molecule has 2 aliphatic rings. The van der Waals surface area contributed by atoms with Crippen LogP contribution in [0.2, 0.25) is 5.02 Å². The number of hydrogen-bond donors (Lipinski definition) is 2. The fourth-order valence-electron chi connectivity index (χ4n) is 3.97. The van der Waals surface area contributed by atoms with Crippen LogP contribution in [0.1, 0.15) is 18.4 Å². The van der Waals surface area contributed by atoms with Crippen LogP contribution in [-0.4, -0.2) is 61.2 Å². The van der Waals surface area contributed by atoms with Gasteiger partial charge in [0.25, 0.3) is 0 Å². The number of carbonyl (C=O) groups is 1. The number of benzene rings is 2. The molecule has 2 aromatic rings. The zero-order valence-corrected chi connectivity index (χ0v) is 19.8. The van der Waals surface area contributed by atoms with Crippen molar-refractivity contribution in [2.24, 2.45) is 0 Å². The maximum atomic E-state index is 12.5. The zero-order valence-electron chi connectivity index (χ0n) is 17.4. The number of hydrogen-bond acceptors (Lipinski definition) is 4. The zero-order chi connectivity index (χ0) is 21.6. The number of ether oxygens (including phenoxy) is 1. The van der Waals surface area contributed by atoms with E-state index in [9.17, 15) is 4.79 Å². The van der Waals surface area contributed by atoms with Gasteiger partial charge in [-0.1, -0.05) is 23.7 Å². The summed E-state index contributed by atoms with van der Waals surface area (Å²) in [7, 11) is 0. The van der Waals surface area contributed by atoms with Gasteiger partial charge in [-0.2, -0.15) is 0 Å². The van der Waals surface area contributed by atoms with Crippen molar-refractivity contribution in [2.75, 3.05) is 44.6 Å². The fourth-order valence-corrected chi connectivity index (χ4v) is 4.68. The smallest absolute Gasteiger partial charge is 0.321 e. The van der Waals surface area contributed by atoms with Crippen molar-refractivity contribution in [3.8, 4) is 5.75 Å². The van der Waals surface area contributed by atoms with Gasteiger partial charge in [0.05, 0.1) is 4.47 Å². The van der Waals surface area contributed by atoms with E-state index in [-0.39, 0.29) is 12.1 Å². The third-order valence-electron chi connectivity index (χ3n) is 5.72. The van der Waals surface area contributed by atoms with Gasteiger partial charge in [-0.3, -0.25) is 4.90 Å². The number of halogens is 2. The Morgan fingerprint density at radius 1 is 1.13 bits per heavy atom. The van der Waals surface area contributed by atoms with Gasteiger partial charge in [0.2, 0.25) is 0 Å². The predicted octanol–water partition coefficient (Wildman–Crippen LogP) is 4.58. The molecular formula is C23H28BrClN4O2. The van der Waals surface area contributed by atoms with Crippen molar-refractivity contribution >= 4 is 39.2 Å². The van der Waals surface area contributed by atoms with Crippen LogP contribution in [-0.2, 0) is 6.54 Å². The lowest BCUT2D eigenvalue weighted by atomic mass is 10.1. The minimum Gasteiger partial charge on any atom is -0.489 e. The first-order valence-corrected chi connectivity index (χ1v) is 11.9. The third kappa shape index (κ3) is 6.35. The summed E-state index contributed by atoms with van der Waals surface area (Å²) in [6.07, 6.45) is 2.38. The Bertz CT molecular complexity index is 899. The van der Waals surface area contributed by atoms with Crippen molar-refractivity contribution in [2.45, 2.75) is 25.5 Å². The summed E-state index contributed by atoms with van der Waals surface area (Å²) in [6.45, 7) is 5.97. The van der Waals surface area contributed by atoms with E-state index < -0.39 is 0 Å². The summed E-state index contributed by atoms with van der Waals surface area (Å²) in [6, 6.07) is 13.5. The van der Waals surface area contributed by atoms with E-state index in [1.165, 1.54) is 5.56 Å². The second-order valence-electron chi connectivity index (χ2n) is 8.04. The molecule has 2 amide bonds. The molecule has 2 N–H and O–H groups in total. The molecule has 166 valence electrons. The normalized spacial score (nSPS) is 18.1. The summed E-state index contributed by atoms with van der Waals surface area (Å²) < 4.78 is 7.17. The molecule has 2 aromatic carbocycles. The standard InChI is InChI=1S/C23H28BrClN4O2/c24-21-14-17(4-5-22(21)31-20-6-8-26-9-7-20)16-28-10-12-29(13-11-28)23(30)27-19-3-1-2-18(25)15-19/h1-5,14-15,20,26H,6-13,16H2,(H,27,30). The van der Waals surface area contributed by atoms with Crippen LogP contribution in [0.15, 0.2) is 46.9 Å². The van der Waals surface area contributed by atoms with E-state index >= 15 is 0 Å². The van der Waals surface area contributed by atoms with Crippen molar-refractivity contribution < 1.29 is 9.53 Å². The van der Waals surface area contributed by atoms with Crippen LogP contribution in [0.25, 0.3) is 0 Å². The lowest BCUT2D eigenvalue weighted by Crippen LogP contribution is -2.49. The van der Waals surface area contributed by atoms with Gasteiger partial charge in [-0.05, 0) is 77.8 Å². The maximum absolute atomic E-state index is 12.5. The number of nitrogens with zero attached hydrogens (tertiary/aromatic N) is 2. The van der Waals surface area contributed by atoms with Gasteiger partial charge in [-0.15, -0.1) is 0 Å². The number of carbonyl (C=O) groups excluding carboxylic acids is 1. The first kappa shape index (κ1) is 22.4. The Labute approximate surface area is 197 Å². The Kier molecular flexibility index (Phi) is 7.72. The number of rotatable bonds is 5. The Morgan fingerprint density at radius 2 is 1.90 bits per heavy atom. The highest BCUT2D eigenvalue weighted by atomic mass is 79.9. The minimum absolute atomic E-state index is 0.0796. The monoisotopic (exact) mass is 506 g/mol. The van der Waals surface area contributed by atoms with Crippen molar-refractivity contribution in [3.05, 3.63) is 57.5 Å². The van der Waals surface area contributed by atoms with Crippen LogP contribution >= 0.6 is 27.5 Å². The minimum atomic E-state index is -0.0796. The molecule has 0 aliphatic carbocycles. The molecular weight excluding hydrogens is 480 g/mol. The molecule has 2 heterocycles. The molecule has 0 spiro atoms. The third-order valence-corrected chi connectivity index (χ3v) is 6.57. The van der Waals surface area contributed by atoms with E-state index in [1.807, 2.05) is 17.0 Å². The molecule has 0 radical (unpaired) electrons. The quantitative estimate of drug-likeness (QED) is 0.622. The predicted molar refractivity (Wildman–Crippen MR) is 128 cm³/mol. The van der Waals surface area contributed by atoms with Crippen LogP contribution in [0, 0.1) is 0 Å². The van der Waals surface area contributed by atoms with Crippen LogP contribution in [0.5, 0.6) is 5.75 Å². The molecule has 31 heavy (non-hydrogen) atoms. The first-order chi connectivity index (χ1) is 15.1. The lowest BCUT2D eigenvalue weighted by Gasteiger charge is -2.34. The van der Waals surface area contributed by atoms with E-state index in [2.05, 4.69) is 49.7 Å². The average Bonchev–Trinajstić information content (AvgIpc) is 2.77. The molecule has 4 rings (SSSR count). The topological polar surface area (TPSA) is 56.8 Å². The molecule has 2 saturated heterocycles. The molecule has 2 aliphatic heterocycles. The molecule has 0 aromatic heterocycles. The highest BCUT2D eigenvalue weighted by molar-refractivity contribution is 9.10. The summed E-state index contributed by atoms with van der Waals surface area (Å²) in [5, 5.41) is 6.90. The fraction of sp³-hybridized carbons (Fsp3) is 0.435. The summed E-state index contributed by atoms with van der Waals surface area (Å²) in [5.41, 5.74) is 1.96. The van der Waals surface area contributed by atoms with Crippen LogP contribution in [0.3, 0.4) is 0 Å². The molecule has 0 bridgehead atoms. The highest BCUT2D eigenvalue weighted by Gasteiger charge is 2.22. The summed E-state index contributed by atoms with van der Waals surface area (Å²) in [4.78, 5) is 16.7. The Balaban J connectivity index is 1.25. The lowest BCUT2D eigenvalue weighted by molar-refractivity contribution is 0.142. The van der Waals surface area contributed by atoms with Gasteiger partial charge in [0.1, 0.15) is 11.9 Å². The Morgan fingerprint density at radius 3 is 2.61 bits per heavy atom. The number of anilines is 1. The van der Waals surface area contributed by atoms with E-state index in [1.54, 1.807) is 12.1 Å². The molecule has 0 saturated carbocycles. The van der Waals surface area contributed by atoms with Crippen LogP contribution in [0.4, 0.5) is 10.5 Å². The molecule has 2 fully saturated rings. The van der Waals surface area contributed by atoms with Crippen molar-refractivity contribution in [3.63, 3.8) is 0 Å². The van der Waals surface area contributed by atoms with Crippen LogP contribution < -0.4 is 15.4 Å². The summed E-state index contributed by atoms with van der Waals surface area (Å²) in [5.74, 6) is 0.915. The largest absolute Gasteiger partial charge is 0.489 e. The Hall–Kier alpha value is -1.80. The highest BCUT2D eigenvalue weighted by Crippen LogP contribution is 2.29. The second kappa shape index (κ2) is 10.7. The number of piperidine rings is 1. The van der Waals surface area contributed by atoms with Gasteiger partial charge < -0.3 is 20.3 Å². The van der Waals surface area contributed by atoms with Gasteiger partial charge >= 0.3 is 6.03 Å². The number of amides is 2. The van der Waals surface area contributed by atoms with Gasteiger partial charge in [0.15, 0.2) is 0 Å². The van der Waals surface area contributed by atoms with Gasteiger partial charge in [-0.25, -0.2) is 4.79 Å². The van der Waals surface area contributed by atoms with E-state index in [0.29, 0.717) is 18.1 Å². The number of piperazine rings is 1. The average molecular weight is 508 g/mol. The van der Waals surface area contributed by atoms with E-state index in [0.717, 1.165) is 61.5 Å². The SMILES string of the molecule is O=C(Nc1cccc(Cl)c1)N1CCN(Cc2ccc(OC3CCNCC3)c(Br)c2)CC1. The van der Waals surface area contributed by atoms with Crippen molar-refractivity contribution in [1.29, 1.82) is 0 Å².